The Labute approximate surface area is 848 Å². The van der Waals surface area contributed by atoms with Crippen LogP contribution in [0.25, 0.3) is 89.1 Å². The largest absolute Gasteiger partial charge is 0.496 e. The van der Waals surface area contributed by atoms with Gasteiger partial charge < -0.3 is 39.4 Å². The van der Waals surface area contributed by atoms with Crippen LogP contribution in [0.5, 0.6) is 23.1 Å². The van der Waals surface area contributed by atoms with Crippen LogP contribution in [0.3, 0.4) is 0 Å². The van der Waals surface area contributed by atoms with E-state index in [4.69, 9.17) is 18.9 Å². The predicted octanol–water partition coefficient (Wildman–Crippen LogP) is 29.8. The maximum atomic E-state index is 14.2. The third-order valence-electron chi connectivity index (χ3n) is 24.6. The molecule has 143 heavy (non-hydrogen) atoms. The fourth-order valence-corrected chi connectivity index (χ4v) is 15.6. The number of hydrogen-bond donors (Lipinski definition) is 4. The minimum absolute atomic E-state index is 0.0257. The summed E-state index contributed by atoms with van der Waals surface area (Å²) in [6.07, 6.45) is 14.6. The molecule has 9 aromatic carbocycles. The molecule has 19 heteroatoms. The van der Waals surface area contributed by atoms with E-state index in [9.17, 15) is 24.8 Å². The molecule has 0 radical (unpaired) electrons. The van der Waals surface area contributed by atoms with Crippen LogP contribution in [0.1, 0.15) is 259 Å². The first-order valence-corrected chi connectivity index (χ1v) is 49.1. The number of nitrogens with zero attached hydrogens (tertiary/aromatic N) is 10. The molecule has 0 unspecified atom stereocenters. The second-order valence-corrected chi connectivity index (χ2v) is 37.7. The predicted molar refractivity (Wildman–Crippen MR) is 584 cm³/mol. The van der Waals surface area contributed by atoms with Gasteiger partial charge in [0.1, 0.15) is 40.4 Å². The lowest BCUT2D eigenvalue weighted by molar-refractivity contribution is 0.276. The molecule has 0 saturated heterocycles. The molecule has 0 aliphatic rings. The number of aryl methyl sites for hydroxylation is 6. The van der Waals surface area contributed by atoms with Crippen LogP contribution in [-0.4, -0.2) is 98.9 Å². The zero-order valence-corrected chi connectivity index (χ0v) is 88.4. The van der Waals surface area contributed by atoms with E-state index in [2.05, 4.69) is 300 Å². The molecule has 0 aliphatic carbocycles. The number of benzene rings is 9. The Morgan fingerprint density at radius 3 is 1.13 bits per heavy atom. The van der Waals surface area contributed by atoms with E-state index in [0.717, 1.165) is 101 Å². The van der Waals surface area contributed by atoms with Crippen LogP contribution < -0.4 is 18.9 Å². The summed E-state index contributed by atoms with van der Waals surface area (Å²) < 4.78 is 36.0. The highest BCUT2D eigenvalue weighted by Gasteiger charge is 2.20. The summed E-state index contributed by atoms with van der Waals surface area (Å²) in [6.45, 7) is 45.9. The third-order valence-corrected chi connectivity index (χ3v) is 24.6. The zero-order valence-electron chi connectivity index (χ0n) is 88.4. The summed E-state index contributed by atoms with van der Waals surface area (Å²) in [4.78, 5) is 34.1. The van der Waals surface area contributed by atoms with E-state index in [-0.39, 0.29) is 38.2 Å². The molecular weight excluding hydrogens is 1780 g/mol. The Kier molecular flexibility index (Phi) is 43.9. The normalized spacial score (nSPS) is 10.8. The van der Waals surface area contributed by atoms with E-state index >= 15 is 0 Å². The molecule has 0 fully saturated rings. The highest BCUT2D eigenvalue weighted by Crippen LogP contribution is 2.39. The van der Waals surface area contributed by atoms with Crippen molar-refractivity contribution in [3.05, 3.63) is 393 Å². The first kappa shape index (κ1) is 112. The van der Waals surface area contributed by atoms with Gasteiger partial charge in [-0.2, -0.15) is 15.2 Å². The Morgan fingerprint density at radius 1 is 0.273 bits per heavy atom. The highest BCUT2D eigenvalue weighted by molar-refractivity contribution is 5.76. The zero-order chi connectivity index (χ0) is 104. The van der Waals surface area contributed by atoms with Crippen LogP contribution in [0.4, 0.5) is 4.39 Å². The molecule has 0 saturated carbocycles. The molecular formula is C124H145FN10O8. The van der Waals surface area contributed by atoms with Gasteiger partial charge in [-0.25, -0.2) is 19.3 Å². The lowest BCUT2D eigenvalue weighted by atomic mass is 9.95. The standard InChI is InChI=1S/C17H20O.C16H20N2O2.C16H19NO.C15H17FN2O.C15H18N2O.2C15H17NO.C15H17N/c1-12(2)14-5-7-15(8-6-14)17-9-4-13(3)10-16(17)11-18;1-10(2)12-5-6-13(16(7-12)20-4)14-8-17-11(3)18-15(14)9-19;1-11(2)13-5-6-14(16(9-13)18-4)15-10-17-8-7-12(15)3;1-9(2)11-4-5-12(14(16)7-11)13-6-10(3)17-18-15(13)8-19;1-10(2)12-5-7-13(8-6-12)14-9-16-11(3)17-15(14)18-4;1-11(2)13-9-14(17-3)15(16-10-13)12-7-5-4-6-8-12;1-11(2)12-5-7-13(8-6-12)14-4-3-9-16-15(14)10-17;1-11(2)13-4-6-14(7-5-13)15-10-16-9-8-12(15)3/h4-10,12,18H,11H2,1-3H3;5-8,10,19H,9H2,1-4H3;5-11H,1-4H3;4-7,9,19H,8H2,1-3H3;5-10H,1-4H3;4-11H,1-3H3;3-9,11,17H,10H2,1-2H3;4-11H,1-3H3. The Balaban J connectivity index is 0.000000182. The number of aromatic nitrogens is 10. The highest BCUT2D eigenvalue weighted by atomic mass is 19.1. The molecule has 0 amide bonds. The second kappa shape index (κ2) is 55.8. The van der Waals surface area contributed by atoms with Gasteiger partial charge in [-0.15, -0.1) is 0 Å². The summed E-state index contributed by atoms with van der Waals surface area (Å²) in [7, 11) is 6.69. The Morgan fingerprint density at radius 2 is 0.685 bits per heavy atom. The van der Waals surface area contributed by atoms with E-state index in [0.29, 0.717) is 81.3 Å². The lowest BCUT2D eigenvalue weighted by Crippen LogP contribution is -2.00. The van der Waals surface area contributed by atoms with Gasteiger partial charge in [0.05, 0.1) is 83.2 Å². The number of rotatable bonds is 24. The van der Waals surface area contributed by atoms with Gasteiger partial charge in [-0.05, 0) is 226 Å². The average molecular weight is 1920 g/mol. The van der Waals surface area contributed by atoms with Crippen molar-refractivity contribution >= 4 is 0 Å². The van der Waals surface area contributed by atoms with Crippen molar-refractivity contribution in [3.63, 3.8) is 0 Å². The van der Waals surface area contributed by atoms with Gasteiger partial charge in [-0.3, -0.25) is 19.9 Å². The number of ether oxygens (including phenoxy) is 4. The molecule has 18 nitrogen and oxygen atoms in total. The van der Waals surface area contributed by atoms with Gasteiger partial charge >= 0.3 is 0 Å². The molecule has 7 aromatic heterocycles. The molecule has 4 N–H and O–H groups in total. The molecule has 746 valence electrons. The molecule has 16 rings (SSSR count). The van der Waals surface area contributed by atoms with Crippen LogP contribution in [0.15, 0.2) is 286 Å². The van der Waals surface area contributed by atoms with Gasteiger partial charge in [0.25, 0.3) is 0 Å². The molecule has 0 atom stereocenters. The summed E-state index contributed by atoms with van der Waals surface area (Å²) >= 11 is 0. The Hall–Kier alpha value is -14.2. The van der Waals surface area contributed by atoms with Crippen molar-refractivity contribution in [2.75, 3.05) is 28.4 Å². The molecule has 0 bridgehead atoms. The van der Waals surface area contributed by atoms with Crippen molar-refractivity contribution in [2.45, 2.75) is 226 Å². The number of methoxy groups -OCH3 is 4. The van der Waals surface area contributed by atoms with Crippen molar-refractivity contribution < 1.29 is 43.8 Å². The third kappa shape index (κ3) is 32.1. The molecule has 0 aliphatic heterocycles. The first-order chi connectivity index (χ1) is 68.6. The van der Waals surface area contributed by atoms with E-state index < -0.39 is 0 Å². The summed E-state index contributed by atoms with van der Waals surface area (Å²) in [5, 5.41) is 45.3. The average Bonchev–Trinajstić information content (AvgIpc) is 0.797. The van der Waals surface area contributed by atoms with Gasteiger partial charge in [-0.1, -0.05) is 304 Å². The van der Waals surface area contributed by atoms with Gasteiger partial charge in [0.15, 0.2) is 0 Å². The van der Waals surface area contributed by atoms with Crippen LogP contribution in [0, 0.1) is 47.4 Å². The fraction of sp³-hybridized carbons (Fsp3) is 0.306. The maximum Gasteiger partial charge on any atom is 0.224 e. The second-order valence-electron chi connectivity index (χ2n) is 37.7. The van der Waals surface area contributed by atoms with Crippen molar-refractivity contribution in [1.82, 2.24) is 50.1 Å². The van der Waals surface area contributed by atoms with Crippen LogP contribution in [0.2, 0.25) is 0 Å². The monoisotopic (exact) mass is 1920 g/mol. The van der Waals surface area contributed by atoms with Crippen molar-refractivity contribution in [3.8, 4) is 112 Å². The van der Waals surface area contributed by atoms with Gasteiger partial charge in [0, 0.05) is 99.6 Å². The molecule has 16 aromatic rings. The molecule has 7 heterocycles. The lowest BCUT2D eigenvalue weighted by Gasteiger charge is -2.14. The number of aliphatic hydroxyl groups is 4. The van der Waals surface area contributed by atoms with E-state index in [1.54, 1.807) is 59.9 Å². The summed E-state index contributed by atoms with van der Waals surface area (Å²) in [6, 6.07) is 80.0. The van der Waals surface area contributed by atoms with Crippen LogP contribution in [-0.2, 0) is 26.4 Å². The van der Waals surface area contributed by atoms with Crippen molar-refractivity contribution in [2.24, 2.45) is 0 Å². The number of halogens is 1. The minimum Gasteiger partial charge on any atom is -0.496 e. The quantitative estimate of drug-likeness (QED) is 0.0439. The number of aliphatic hydroxyl groups excluding tert-OH is 4. The molecule has 0 spiro atoms. The van der Waals surface area contributed by atoms with Crippen molar-refractivity contribution in [1.29, 1.82) is 0 Å². The number of hydrogen-bond acceptors (Lipinski definition) is 18. The summed E-state index contributed by atoms with van der Waals surface area (Å²) in [5.74, 6) is 8.10. The maximum absolute atomic E-state index is 14.2. The summed E-state index contributed by atoms with van der Waals surface area (Å²) in [5.41, 5.74) is 33.0. The van der Waals surface area contributed by atoms with E-state index in [1.807, 2.05) is 151 Å². The Bertz CT molecular complexity index is 6570. The minimum atomic E-state index is -0.298. The van der Waals surface area contributed by atoms with E-state index in [1.165, 1.54) is 78.4 Å². The topological polar surface area (TPSA) is 247 Å². The smallest absolute Gasteiger partial charge is 0.224 e. The first-order valence-electron chi connectivity index (χ1n) is 49.1. The number of pyridine rings is 4. The van der Waals surface area contributed by atoms with Crippen LogP contribution >= 0.6 is 0 Å². The fourth-order valence-electron chi connectivity index (χ4n) is 15.6. The SMILES string of the molecule is CC(C)c1ccc(-c2cccnc2CO)cc1.COc1cc(C(C)C)ccc1-c1cnc(C)nc1CO.COc1cc(C(C)C)ccc1-c1cnccc1C.COc1cc(C(C)C)cnc1-c1ccccc1.COc1nc(C)ncc1-c1ccc(C(C)C)cc1.Cc1cc(-c2ccc(C(C)C)cc2F)c(CO)nn1.Cc1ccc(-c2ccc(C(C)C)cc2)c(CO)c1.Cc1ccncc1-c1ccc(C(C)C)cc1. The van der Waals surface area contributed by atoms with Gasteiger partial charge in [0.2, 0.25) is 5.88 Å².